The number of rotatable bonds is 5. The second-order valence-electron chi connectivity index (χ2n) is 5.92. The van der Waals surface area contributed by atoms with E-state index >= 15 is 0 Å². The quantitative estimate of drug-likeness (QED) is 0.876. The summed E-state index contributed by atoms with van der Waals surface area (Å²) < 4.78 is 0. The lowest BCUT2D eigenvalue weighted by molar-refractivity contribution is 0.0515. The fourth-order valence-corrected chi connectivity index (χ4v) is 3.77. The van der Waals surface area contributed by atoms with Crippen LogP contribution in [0.5, 0.6) is 0 Å². The first-order valence-electron chi connectivity index (χ1n) is 7.84. The monoisotopic (exact) mass is 310 g/mol. The van der Waals surface area contributed by atoms with Crippen LogP contribution < -0.4 is 5.32 Å². The molecule has 1 aliphatic heterocycles. The molecule has 0 aromatic carbocycles. The molecule has 0 aliphatic carbocycles. The summed E-state index contributed by atoms with van der Waals surface area (Å²) in [5, 5.41) is 14.7. The summed E-state index contributed by atoms with van der Waals surface area (Å²) in [5.74, 6) is 0. The van der Waals surface area contributed by atoms with E-state index < -0.39 is 0 Å². The van der Waals surface area contributed by atoms with Gasteiger partial charge in [0.15, 0.2) is 0 Å². The first-order chi connectivity index (χ1) is 10.1. The van der Waals surface area contributed by atoms with Crippen molar-refractivity contribution < 1.29 is 9.90 Å². The number of nitrogens with zero attached hydrogens (tertiary/aromatic N) is 1. The van der Waals surface area contributed by atoms with Crippen LogP contribution in [0.15, 0.2) is 17.5 Å². The highest BCUT2D eigenvalue weighted by Crippen LogP contribution is 2.34. The number of hydrogen-bond acceptors (Lipinski definition) is 3. The zero-order valence-corrected chi connectivity index (χ0v) is 13.8. The molecule has 1 unspecified atom stereocenters. The van der Waals surface area contributed by atoms with E-state index in [1.54, 1.807) is 11.3 Å². The van der Waals surface area contributed by atoms with Gasteiger partial charge in [-0.05, 0) is 42.5 Å². The van der Waals surface area contributed by atoms with Crippen molar-refractivity contribution in [2.24, 2.45) is 5.41 Å². The van der Waals surface area contributed by atoms with Gasteiger partial charge in [0, 0.05) is 24.6 Å². The Labute approximate surface area is 131 Å². The molecule has 1 aromatic heterocycles. The first-order valence-corrected chi connectivity index (χ1v) is 8.72. The Morgan fingerprint density at radius 3 is 2.67 bits per heavy atom. The largest absolute Gasteiger partial charge is 0.396 e. The van der Waals surface area contributed by atoms with Gasteiger partial charge in [0.25, 0.3) is 0 Å². The molecule has 1 aliphatic rings. The summed E-state index contributed by atoms with van der Waals surface area (Å²) in [7, 11) is 0. The van der Waals surface area contributed by atoms with Gasteiger partial charge in [-0.1, -0.05) is 19.9 Å². The number of piperidine rings is 1. The molecule has 2 heterocycles. The van der Waals surface area contributed by atoms with Crippen molar-refractivity contribution in [3.8, 4) is 0 Å². The van der Waals surface area contributed by atoms with Gasteiger partial charge in [0.1, 0.15) is 0 Å². The Hall–Kier alpha value is -1.07. The van der Waals surface area contributed by atoms with E-state index in [9.17, 15) is 9.90 Å². The SMILES string of the molecule is CCC(NC(=O)N1CCC(CC)(CO)CC1)c1cccs1. The molecule has 0 bridgehead atoms. The number of aliphatic hydroxyl groups excluding tert-OH is 1. The molecule has 118 valence electrons. The third-order valence-corrected chi connectivity index (χ3v) is 5.78. The molecule has 1 atom stereocenters. The fourth-order valence-electron chi connectivity index (χ4n) is 2.91. The van der Waals surface area contributed by atoms with Crippen LogP contribution in [0.3, 0.4) is 0 Å². The maximum Gasteiger partial charge on any atom is 0.317 e. The Bertz CT molecular complexity index is 433. The van der Waals surface area contributed by atoms with Crippen LogP contribution in [0.1, 0.15) is 50.4 Å². The minimum Gasteiger partial charge on any atom is -0.396 e. The molecule has 0 radical (unpaired) electrons. The topological polar surface area (TPSA) is 52.6 Å². The van der Waals surface area contributed by atoms with Crippen molar-refractivity contribution in [2.45, 2.75) is 45.6 Å². The zero-order chi connectivity index (χ0) is 15.3. The molecule has 2 amide bonds. The zero-order valence-electron chi connectivity index (χ0n) is 13.0. The van der Waals surface area contributed by atoms with Crippen molar-refractivity contribution in [3.63, 3.8) is 0 Å². The van der Waals surface area contributed by atoms with Gasteiger partial charge in [-0.15, -0.1) is 11.3 Å². The lowest BCUT2D eigenvalue weighted by atomic mass is 9.77. The molecule has 1 fully saturated rings. The summed E-state index contributed by atoms with van der Waals surface area (Å²) in [4.78, 5) is 15.5. The third-order valence-electron chi connectivity index (χ3n) is 4.79. The third kappa shape index (κ3) is 3.77. The Morgan fingerprint density at radius 2 is 2.19 bits per heavy atom. The normalized spacial score (nSPS) is 19.3. The van der Waals surface area contributed by atoms with Gasteiger partial charge in [-0.3, -0.25) is 0 Å². The van der Waals surface area contributed by atoms with E-state index in [0.29, 0.717) is 0 Å². The van der Waals surface area contributed by atoms with Gasteiger partial charge in [-0.25, -0.2) is 4.79 Å². The number of likely N-dealkylation sites (tertiary alicyclic amines) is 1. The van der Waals surface area contributed by atoms with Crippen LogP contribution in [0, 0.1) is 5.41 Å². The van der Waals surface area contributed by atoms with Crippen molar-refractivity contribution >= 4 is 17.4 Å². The summed E-state index contributed by atoms with van der Waals surface area (Å²) in [6.07, 6.45) is 3.66. The maximum atomic E-state index is 12.4. The highest BCUT2D eigenvalue weighted by atomic mass is 32.1. The van der Waals surface area contributed by atoms with Crippen LogP contribution in [0.2, 0.25) is 0 Å². The van der Waals surface area contributed by atoms with Crippen LogP contribution in [0.25, 0.3) is 0 Å². The molecular weight excluding hydrogens is 284 g/mol. The van der Waals surface area contributed by atoms with Gasteiger partial charge in [0.2, 0.25) is 0 Å². The number of urea groups is 1. The maximum absolute atomic E-state index is 12.4. The summed E-state index contributed by atoms with van der Waals surface area (Å²) >= 11 is 1.68. The molecular formula is C16H26N2O2S. The molecule has 0 spiro atoms. The van der Waals surface area contributed by atoms with Gasteiger partial charge in [-0.2, -0.15) is 0 Å². The molecule has 0 saturated carbocycles. The van der Waals surface area contributed by atoms with Gasteiger partial charge >= 0.3 is 6.03 Å². The number of amides is 2. The Kier molecular flexibility index (Phi) is 5.65. The summed E-state index contributed by atoms with van der Waals surface area (Å²) in [6.45, 7) is 5.92. The molecule has 2 N–H and O–H groups in total. The molecule has 21 heavy (non-hydrogen) atoms. The van der Waals surface area contributed by atoms with E-state index in [2.05, 4.69) is 25.2 Å². The number of carbonyl (C=O) groups excluding carboxylic acids is 1. The minimum absolute atomic E-state index is 0.0225. The van der Waals surface area contributed by atoms with E-state index in [4.69, 9.17) is 0 Å². The predicted octanol–water partition coefficient (Wildman–Crippen LogP) is 3.39. The van der Waals surface area contributed by atoms with Crippen molar-refractivity contribution in [2.75, 3.05) is 19.7 Å². The Balaban J connectivity index is 1.90. The van der Waals surface area contributed by atoms with Crippen molar-refractivity contribution in [1.29, 1.82) is 0 Å². The number of carbonyl (C=O) groups is 1. The van der Waals surface area contributed by atoms with Gasteiger partial charge < -0.3 is 15.3 Å². The van der Waals surface area contributed by atoms with E-state index in [-0.39, 0.29) is 24.1 Å². The molecule has 4 nitrogen and oxygen atoms in total. The average molecular weight is 310 g/mol. The second kappa shape index (κ2) is 7.27. The average Bonchev–Trinajstić information content (AvgIpc) is 3.06. The van der Waals surface area contributed by atoms with Crippen LogP contribution in [-0.2, 0) is 0 Å². The molecule has 1 saturated heterocycles. The predicted molar refractivity (Wildman–Crippen MR) is 86.5 cm³/mol. The highest BCUT2D eigenvalue weighted by molar-refractivity contribution is 7.10. The highest BCUT2D eigenvalue weighted by Gasteiger charge is 2.34. The fraction of sp³-hybridized carbons (Fsp3) is 0.688. The molecule has 5 heteroatoms. The second-order valence-corrected chi connectivity index (χ2v) is 6.90. The number of hydrogen-bond donors (Lipinski definition) is 2. The first kappa shape index (κ1) is 16.3. The summed E-state index contributed by atoms with van der Waals surface area (Å²) in [5.41, 5.74) is 0.0225. The van der Waals surface area contributed by atoms with Crippen LogP contribution in [-0.4, -0.2) is 35.7 Å². The van der Waals surface area contributed by atoms with Crippen molar-refractivity contribution in [3.05, 3.63) is 22.4 Å². The van der Waals surface area contributed by atoms with Gasteiger partial charge in [0.05, 0.1) is 6.04 Å². The number of thiophene rings is 1. The standard InChI is InChI=1S/C16H26N2O2S/c1-3-13(14-6-5-11-21-14)17-15(20)18-9-7-16(4-2,12-19)8-10-18/h5-6,11,13,19H,3-4,7-10,12H2,1-2H3,(H,17,20). The molecule has 1 aromatic rings. The van der Waals surface area contributed by atoms with Crippen LogP contribution >= 0.6 is 11.3 Å². The van der Waals surface area contributed by atoms with Crippen molar-refractivity contribution in [1.82, 2.24) is 10.2 Å². The smallest absolute Gasteiger partial charge is 0.317 e. The lowest BCUT2D eigenvalue weighted by Crippen LogP contribution is -2.48. The number of nitrogens with one attached hydrogen (secondary N) is 1. The van der Waals surface area contributed by atoms with E-state index in [0.717, 1.165) is 38.8 Å². The van der Waals surface area contributed by atoms with E-state index in [1.807, 2.05) is 16.3 Å². The Morgan fingerprint density at radius 1 is 1.48 bits per heavy atom. The van der Waals surface area contributed by atoms with Crippen LogP contribution in [0.4, 0.5) is 4.79 Å². The number of aliphatic hydroxyl groups is 1. The lowest BCUT2D eigenvalue weighted by Gasteiger charge is -2.40. The summed E-state index contributed by atoms with van der Waals surface area (Å²) in [6, 6.07) is 4.22. The molecule has 2 rings (SSSR count). The van der Waals surface area contributed by atoms with E-state index in [1.165, 1.54) is 4.88 Å². The minimum atomic E-state index is 0.0225.